The highest BCUT2D eigenvalue weighted by atomic mass is 19.1. The van der Waals surface area contributed by atoms with Crippen molar-refractivity contribution >= 4 is 23.4 Å². The number of nitrogens with zero attached hydrogens (tertiary/aromatic N) is 3. The smallest absolute Gasteiger partial charge is 0.276 e. The summed E-state index contributed by atoms with van der Waals surface area (Å²) in [6.45, 7) is 2.05. The first-order chi connectivity index (χ1) is 17.7. The van der Waals surface area contributed by atoms with E-state index < -0.39 is 29.0 Å². The van der Waals surface area contributed by atoms with E-state index in [0.29, 0.717) is 11.8 Å². The number of hydrogen-bond acceptors (Lipinski definition) is 5. The molecule has 11 heteroatoms. The second kappa shape index (κ2) is 9.30. The van der Waals surface area contributed by atoms with Crippen molar-refractivity contribution in [3.05, 3.63) is 77.4 Å². The van der Waals surface area contributed by atoms with E-state index in [1.165, 1.54) is 15.8 Å². The lowest BCUT2D eigenvalue weighted by molar-refractivity contribution is -0.133. The molecule has 2 aliphatic rings. The van der Waals surface area contributed by atoms with Gasteiger partial charge in [-0.05, 0) is 49.6 Å². The van der Waals surface area contributed by atoms with Gasteiger partial charge in [0.15, 0.2) is 5.69 Å². The molecule has 3 amide bonds. The summed E-state index contributed by atoms with van der Waals surface area (Å²) >= 11 is 0. The first kappa shape index (κ1) is 24.4. The number of nitrogens with one attached hydrogen (secondary N) is 2. The second-order valence-electron chi connectivity index (χ2n) is 9.36. The number of carbonyl (C=O) groups excluding carboxylic acids is 3. The van der Waals surface area contributed by atoms with Crippen LogP contribution in [0.4, 0.5) is 14.5 Å². The quantitative estimate of drug-likeness (QED) is 0.509. The number of ether oxygens (including phenoxy) is 1. The van der Waals surface area contributed by atoms with Gasteiger partial charge in [-0.15, -0.1) is 0 Å². The van der Waals surface area contributed by atoms with E-state index in [4.69, 9.17) is 4.74 Å². The van der Waals surface area contributed by atoms with E-state index in [-0.39, 0.29) is 42.1 Å². The lowest BCUT2D eigenvalue weighted by atomic mass is 9.93. The molecule has 1 unspecified atom stereocenters. The lowest BCUT2D eigenvalue weighted by Gasteiger charge is -2.44. The second-order valence-corrected chi connectivity index (χ2v) is 9.36. The topological polar surface area (TPSA) is 106 Å². The minimum atomic E-state index is -1.21. The van der Waals surface area contributed by atoms with E-state index in [2.05, 4.69) is 15.6 Å². The molecule has 0 saturated heterocycles. The summed E-state index contributed by atoms with van der Waals surface area (Å²) in [5.41, 5.74) is -0.756. The van der Waals surface area contributed by atoms with Crippen LogP contribution in [0, 0.1) is 11.6 Å². The molecule has 0 bridgehead atoms. The Morgan fingerprint density at radius 3 is 2.54 bits per heavy atom. The number of carbonyl (C=O) groups is 3. The first-order valence-electron chi connectivity index (χ1n) is 11.8. The number of hydrogen-bond donors (Lipinski definition) is 2. The number of rotatable bonds is 7. The van der Waals surface area contributed by atoms with Gasteiger partial charge in [0.05, 0.1) is 25.7 Å². The summed E-state index contributed by atoms with van der Waals surface area (Å²) in [4.78, 5) is 45.7. The fourth-order valence-electron chi connectivity index (χ4n) is 4.61. The molecule has 0 radical (unpaired) electrons. The normalized spacial score (nSPS) is 18.8. The number of imidazole rings is 1. The molecule has 1 saturated carbocycles. The zero-order valence-corrected chi connectivity index (χ0v) is 20.3. The van der Waals surface area contributed by atoms with Crippen LogP contribution in [0.5, 0.6) is 5.75 Å². The summed E-state index contributed by atoms with van der Waals surface area (Å²) in [6, 6.07) is 9.89. The number of benzene rings is 2. The monoisotopic (exact) mass is 509 g/mol. The van der Waals surface area contributed by atoms with Gasteiger partial charge in [0, 0.05) is 18.7 Å². The van der Waals surface area contributed by atoms with Gasteiger partial charge in [-0.3, -0.25) is 14.4 Å². The SMILES string of the molecule is COc1ccc(CNC(=O)C2(C)Cn3cnc(C(=O)Nc4ccc(F)cc4F)c3C(=O)N2C2CC2)cc1. The highest BCUT2D eigenvalue weighted by molar-refractivity contribution is 6.11. The fourth-order valence-corrected chi connectivity index (χ4v) is 4.61. The Morgan fingerprint density at radius 1 is 1.16 bits per heavy atom. The van der Waals surface area contributed by atoms with Crippen LogP contribution in [0.2, 0.25) is 0 Å². The maximum absolute atomic E-state index is 14.1. The summed E-state index contributed by atoms with van der Waals surface area (Å²) in [7, 11) is 1.57. The average Bonchev–Trinajstić information content (AvgIpc) is 3.62. The van der Waals surface area contributed by atoms with Gasteiger partial charge in [0.25, 0.3) is 11.8 Å². The average molecular weight is 510 g/mol. The van der Waals surface area contributed by atoms with Crippen molar-refractivity contribution in [2.75, 3.05) is 12.4 Å². The largest absolute Gasteiger partial charge is 0.497 e. The number of anilines is 1. The van der Waals surface area contributed by atoms with Gasteiger partial charge in [-0.25, -0.2) is 13.8 Å². The van der Waals surface area contributed by atoms with Crippen molar-refractivity contribution in [1.82, 2.24) is 19.8 Å². The maximum atomic E-state index is 14.1. The molecule has 5 rings (SSSR count). The van der Waals surface area contributed by atoms with Gasteiger partial charge < -0.3 is 24.8 Å². The van der Waals surface area contributed by atoms with Crippen molar-refractivity contribution in [2.45, 2.75) is 44.4 Å². The van der Waals surface area contributed by atoms with Gasteiger partial charge in [0.2, 0.25) is 5.91 Å². The zero-order valence-electron chi connectivity index (χ0n) is 20.3. The number of fused-ring (bicyclic) bond motifs is 1. The molecular formula is C26H25F2N5O4. The van der Waals surface area contributed by atoms with Crippen LogP contribution in [0.15, 0.2) is 48.8 Å². The minimum Gasteiger partial charge on any atom is -0.497 e. The molecule has 3 aromatic rings. The molecule has 1 atom stereocenters. The zero-order chi connectivity index (χ0) is 26.3. The van der Waals surface area contributed by atoms with Crippen molar-refractivity contribution in [3.63, 3.8) is 0 Å². The summed E-state index contributed by atoms with van der Waals surface area (Å²) in [5.74, 6) is -2.67. The molecule has 192 valence electrons. The Balaban J connectivity index is 1.38. The highest BCUT2D eigenvalue weighted by Gasteiger charge is 2.53. The van der Waals surface area contributed by atoms with Gasteiger partial charge in [0.1, 0.15) is 28.6 Å². The van der Waals surface area contributed by atoms with Crippen LogP contribution in [0.25, 0.3) is 0 Å². The van der Waals surface area contributed by atoms with E-state index in [1.807, 2.05) is 12.1 Å². The lowest BCUT2D eigenvalue weighted by Crippen LogP contribution is -2.64. The predicted octanol–water partition coefficient (Wildman–Crippen LogP) is 3.12. The predicted molar refractivity (Wildman–Crippen MR) is 129 cm³/mol. The Labute approximate surface area is 211 Å². The minimum absolute atomic E-state index is 0.0207. The molecule has 2 aromatic carbocycles. The molecule has 2 heterocycles. The fraction of sp³-hybridized carbons (Fsp3) is 0.308. The van der Waals surface area contributed by atoms with Crippen LogP contribution in [0.1, 0.15) is 46.3 Å². The molecule has 1 aliphatic carbocycles. The van der Waals surface area contributed by atoms with Crippen molar-refractivity contribution in [1.29, 1.82) is 0 Å². The summed E-state index contributed by atoms with van der Waals surface area (Å²) in [6.07, 6.45) is 2.80. The van der Waals surface area contributed by atoms with Crippen molar-refractivity contribution in [2.24, 2.45) is 0 Å². The molecule has 37 heavy (non-hydrogen) atoms. The van der Waals surface area contributed by atoms with Crippen molar-refractivity contribution in [3.8, 4) is 5.75 Å². The molecule has 2 N–H and O–H groups in total. The standard InChI is InChI=1S/C26H25F2N5O4/c1-26(25(36)29-12-15-3-8-18(37-2)9-4-15)13-32-14-30-21(22(32)24(35)33(26)17-6-7-17)23(34)31-20-10-5-16(27)11-19(20)28/h3-5,8-11,14,17H,6-7,12-13H2,1-2H3,(H,29,36)(H,31,34). The van der Waals surface area contributed by atoms with E-state index in [9.17, 15) is 23.2 Å². The maximum Gasteiger partial charge on any atom is 0.276 e. The Hall–Kier alpha value is -4.28. The number of aromatic nitrogens is 2. The molecule has 1 aliphatic heterocycles. The molecule has 0 spiro atoms. The third-order valence-corrected chi connectivity index (χ3v) is 6.68. The van der Waals surface area contributed by atoms with E-state index in [1.54, 1.807) is 26.2 Å². The third-order valence-electron chi connectivity index (χ3n) is 6.68. The van der Waals surface area contributed by atoms with Gasteiger partial charge >= 0.3 is 0 Å². The van der Waals surface area contributed by atoms with Crippen molar-refractivity contribution < 1.29 is 27.9 Å². The molecule has 1 fully saturated rings. The summed E-state index contributed by atoms with van der Waals surface area (Å²) < 4.78 is 33.9. The molecule has 9 nitrogen and oxygen atoms in total. The number of halogens is 2. The summed E-state index contributed by atoms with van der Waals surface area (Å²) in [5, 5.41) is 5.27. The Kier molecular flexibility index (Phi) is 6.14. The third kappa shape index (κ3) is 4.52. The number of amides is 3. The van der Waals surface area contributed by atoms with E-state index >= 15 is 0 Å². The van der Waals surface area contributed by atoms with Crippen LogP contribution < -0.4 is 15.4 Å². The Morgan fingerprint density at radius 2 is 1.89 bits per heavy atom. The Bertz CT molecular complexity index is 1390. The molecular weight excluding hydrogens is 484 g/mol. The van der Waals surface area contributed by atoms with Crippen LogP contribution >= 0.6 is 0 Å². The number of methoxy groups -OCH3 is 1. The molecule has 1 aromatic heterocycles. The van der Waals surface area contributed by atoms with E-state index in [0.717, 1.165) is 30.5 Å². The van der Waals surface area contributed by atoms with Gasteiger partial charge in [-0.1, -0.05) is 12.1 Å². The van der Waals surface area contributed by atoms with Crippen LogP contribution in [-0.4, -0.2) is 50.9 Å². The van der Waals surface area contributed by atoms with Crippen LogP contribution in [0.3, 0.4) is 0 Å². The highest BCUT2D eigenvalue weighted by Crippen LogP contribution is 2.39. The first-order valence-corrected chi connectivity index (χ1v) is 11.8. The van der Waals surface area contributed by atoms with Gasteiger partial charge in [-0.2, -0.15) is 0 Å². The van der Waals surface area contributed by atoms with Crippen LogP contribution in [-0.2, 0) is 17.9 Å².